The molecule has 0 saturated heterocycles. The first kappa shape index (κ1) is 17.7. The summed E-state index contributed by atoms with van der Waals surface area (Å²) in [5.41, 5.74) is 0.244. The van der Waals surface area contributed by atoms with Gasteiger partial charge in [0.05, 0.1) is 5.56 Å². The van der Waals surface area contributed by atoms with Gasteiger partial charge in [0, 0.05) is 19.1 Å². The molecule has 8 heteroatoms. The molecule has 1 amide bonds. The number of nitrogens with one attached hydrogen (secondary N) is 1. The predicted octanol–water partition coefficient (Wildman–Crippen LogP) is 1.08. The fraction of sp³-hybridized carbons (Fsp3) is 0.286. The second-order valence-electron chi connectivity index (χ2n) is 4.15. The van der Waals surface area contributed by atoms with Gasteiger partial charge in [-0.2, -0.15) is 0 Å². The highest BCUT2D eigenvalue weighted by Gasteiger charge is 2.14. The molecule has 0 fully saturated rings. The Labute approximate surface area is 131 Å². The normalized spacial score (nSPS) is 9.86. The molecule has 0 heterocycles. The average molecular weight is 325 g/mol. The molecular formula is C14H15NO6S. The van der Waals surface area contributed by atoms with E-state index < -0.39 is 24.4 Å². The third kappa shape index (κ3) is 6.40. The van der Waals surface area contributed by atoms with Crippen LogP contribution >= 0.6 is 11.8 Å². The van der Waals surface area contributed by atoms with Crippen molar-refractivity contribution in [2.45, 2.75) is 13.3 Å². The first-order chi connectivity index (χ1) is 10.4. The number of thioether (sulfide) groups is 1. The van der Waals surface area contributed by atoms with Crippen molar-refractivity contribution in [3.05, 3.63) is 29.8 Å². The zero-order valence-corrected chi connectivity index (χ0v) is 12.6. The minimum Gasteiger partial charge on any atom is -0.480 e. The molecule has 118 valence electrons. The molecule has 2 N–H and O–H groups in total. The number of amides is 1. The van der Waals surface area contributed by atoms with Crippen LogP contribution in [0, 0.1) is 0 Å². The molecule has 0 unspecified atom stereocenters. The van der Waals surface area contributed by atoms with Crippen LogP contribution in [0.1, 0.15) is 23.7 Å². The van der Waals surface area contributed by atoms with Crippen LogP contribution < -0.4 is 10.1 Å². The van der Waals surface area contributed by atoms with E-state index in [1.807, 2.05) is 0 Å². The van der Waals surface area contributed by atoms with Crippen molar-refractivity contribution >= 4 is 34.7 Å². The summed E-state index contributed by atoms with van der Waals surface area (Å²) < 4.78 is 4.94. The van der Waals surface area contributed by atoms with Crippen molar-refractivity contribution in [3.8, 4) is 5.75 Å². The summed E-state index contributed by atoms with van der Waals surface area (Å²) in [6.07, 6.45) is 0.0133. The number of hydrogen-bond donors (Lipinski definition) is 2. The van der Waals surface area contributed by atoms with Crippen LogP contribution in [-0.4, -0.2) is 40.4 Å². The zero-order valence-electron chi connectivity index (χ0n) is 11.8. The maximum atomic E-state index is 12.0. The number of ether oxygens (including phenoxy) is 1. The fourth-order valence-electron chi connectivity index (χ4n) is 1.46. The highest BCUT2D eigenvalue weighted by atomic mass is 32.2. The Kier molecular flexibility index (Phi) is 7.11. The second-order valence-corrected chi connectivity index (χ2v) is 5.21. The molecule has 0 atom stereocenters. The number of hydrogen-bond acceptors (Lipinski definition) is 6. The summed E-state index contributed by atoms with van der Waals surface area (Å²) in [4.78, 5) is 44.6. The first-order valence-corrected chi connectivity index (χ1v) is 7.31. The number of aliphatic carboxylic acids is 1. The average Bonchev–Trinajstić information content (AvgIpc) is 2.45. The number of carbonyl (C=O) groups is 4. The molecule has 1 aromatic rings. The topological polar surface area (TPSA) is 110 Å². The Balaban J connectivity index is 2.50. The molecule has 22 heavy (non-hydrogen) atoms. The van der Waals surface area contributed by atoms with Crippen LogP contribution in [-0.2, 0) is 14.4 Å². The Morgan fingerprint density at radius 1 is 1.23 bits per heavy atom. The molecule has 0 aliphatic carbocycles. The van der Waals surface area contributed by atoms with E-state index in [9.17, 15) is 19.2 Å². The SMILES string of the molecule is CC(=O)Oc1ccccc1C(=O)SCCC(=O)NCC(=O)O. The lowest BCUT2D eigenvalue weighted by atomic mass is 10.2. The molecule has 1 aromatic carbocycles. The van der Waals surface area contributed by atoms with E-state index in [2.05, 4.69) is 5.32 Å². The summed E-state index contributed by atoms with van der Waals surface area (Å²) in [6, 6.07) is 6.31. The van der Waals surface area contributed by atoms with Gasteiger partial charge in [0.15, 0.2) is 0 Å². The van der Waals surface area contributed by atoms with Gasteiger partial charge in [-0.3, -0.25) is 19.2 Å². The molecular weight excluding hydrogens is 310 g/mol. The van der Waals surface area contributed by atoms with Gasteiger partial charge in [0.1, 0.15) is 12.3 Å². The number of carboxylic acid groups (broad SMARTS) is 1. The minimum absolute atomic E-state index is 0.0133. The van der Waals surface area contributed by atoms with Crippen molar-refractivity contribution in [1.29, 1.82) is 0 Å². The summed E-state index contributed by atoms with van der Waals surface area (Å²) in [5, 5.41) is 10.3. The van der Waals surface area contributed by atoms with Crippen molar-refractivity contribution in [2.75, 3.05) is 12.3 Å². The minimum atomic E-state index is -1.13. The summed E-state index contributed by atoms with van der Waals surface area (Å²) in [6.45, 7) is 0.786. The van der Waals surface area contributed by atoms with Crippen LogP contribution in [0.3, 0.4) is 0 Å². The van der Waals surface area contributed by atoms with Gasteiger partial charge >= 0.3 is 11.9 Å². The van der Waals surface area contributed by atoms with Gasteiger partial charge < -0.3 is 15.2 Å². The summed E-state index contributed by atoms with van der Waals surface area (Å²) in [5.74, 6) is -1.75. The quantitative estimate of drug-likeness (QED) is 0.570. The lowest BCUT2D eigenvalue weighted by Gasteiger charge is -2.07. The Morgan fingerprint density at radius 2 is 1.91 bits per heavy atom. The van der Waals surface area contributed by atoms with E-state index in [1.165, 1.54) is 19.1 Å². The predicted molar refractivity (Wildman–Crippen MR) is 79.8 cm³/mol. The van der Waals surface area contributed by atoms with Crippen molar-refractivity contribution in [2.24, 2.45) is 0 Å². The first-order valence-electron chi connectivity index (χ1n) is 6.33. The van der Waals surface area contributed by atoms with E-state index in [0.29, 0.717) is 0 Å². The third-order valence-electron chi connectivity index (χ3n) is 2.36. The fourth-order valence-corrected chi connectivity index (χ4v) is 2.25. The van der Waals surface area contributed by atoms with Crippen LogP contribution in [0.4, 0.5) is 0 Å². The van der Waals surface area contributed by atoms with E-state index in [4.69, 9.17) is 9.84 Å². The van der Waals surface area contributed by atoms with E-state index in [-0.39, 0.29) is 28.6 Å². The summed E-state index contributed by atoms with van der Waals surface area (Å²) >= 11 is 0.895. The van der Waals surface area contributed by atoms with Gasteiger partial charge in [-0.25, -0.2) is 0 Å². The summed E-state index contributed by atoms with van der Waals surface area (Å²) in [7, 11) is 0. The number of rotatable bonds is 7. The van der Waals surface area contributed by atoms with Gasteiger partial charge in [0.25, 0.3) is 0 Å². The van der Waals surface area contributed by atoms with Crippen molar-refractivity contribution in [3.63, 3.8) is 0 Å². The van der Waals surface area contributed by atoms with Gasteiger partial charge in [-0.15, -0.1) is 0 Å². The van der Waals surface area contributed by atoms with Crippen LogP contribution in [0.2, 0.25) is 0 Å². The molecule has 1 rings (SSSR count). The highest BCUT2D eigenvalue weighted by Crippen LogP contribution is 2.23. The Hall–Kier alpha value is -2.35. The zero-order chi connectivity index (χ0) is 16.5. The maximum Gasteiger partial charge on any atom is 0.322 e. The van der Waals surface area contributed by atoms with Crippen LogP contribution in [0.25, 0.3) is 0 Å². The van der Waals surface area contributed by atoms with E-state index in [0.717, 1.165) is 11.8 Å². The van der Waals surface area contributed by atoms with Crippen LogP contribution in [0.15, 0.2) is 24.3 Å². The van der Waals surface area contributed by atoms with Crippen molar-refractivity contribution < 1.29 is 29.0 Å². The maximum absolute atomic E-state index is 12.0. The molecule has 7 nitrogen and oxygen atoms in total. The molecule has 0 saturated carbocycles. The van der Waals surface area contributed by atoms with Gasteiger partial charge in [-0.1, -0.05) is 23.9 Å². The lowest BCUT2D eigenvalue weighted by molar-refractivity contribution is -0.137. The Bertz CT molecular complexity index is 586. The van der Waals surface area contributed by atoms with E-state index in [1.54, 1.807) is 12.1 Å². The number of esters is 1. The molecule has 0 aromatic heterocycles. The van der Waals surface area contributed by atoms with Gasteiger partial charge in [0.2, 0.25) is 11.0 Å². The number of carboxylic acids is 1. The highest BCUT2D eigenvalue weighted by molar-refractivity contribution is 8.14. The van der Waals surface area contributed by atoms with Gasteiger partial charge in [-0.05, 0) is 12.1 Å². The molecule has 0 aliphatic heterocycles. The smallest absolute Gasteiger partial charge is 0.322 e. The molecule has 0 radical (unpaired) electrons. The molecule has 0 bridgehead atoms. The Morgan fingerprint density at radius 3 is 2.55 bits per heavy atom. The van der Waals surface area contributed by atoms with E-state index >= 15 is 0 Å². The molecule has 0 spiro atoms. The monoisotopic (exact) mass is 325 g/mol. The number of benzene rings is 1. The number of para-hydroxylation sites is 1. The molecule has 0 aliphatic rings. The van der Waals surface area contributed by atoms with Crippen LogP contribution in [0.5, 0.6) is 5.75 Å². The van der Waals surface area contributed by atoms with Crippen molar-refractivity contribution in [1.82, 2.24) is 5.32 Å². The largest absolute Gasteiger partial charge is 0.480 e. The number of carbonyl (C=O) groups excluding carboxylic acids is 3. The third-order valence-corrected chi connectivity index (χ3v) is 3.25. The second kappa shape index (κ2) is 8.83. The standard InChI is InChI=1S/C14H15NO6S/c1-9(16)21-11-5-3-2-4-10(11)14(20)22-7-6-12(17)15-8-13(18)19/h2-5H,6-8H2,1H3,(H,15,17)(H,18,19). The lowest BCUT2D eigenvalue weighted by Crippen LogP contribution is -2.29.